The second-order valence-electron chi connectivity index (χ2n) is 4.20. The van der Waals surface area contributed by atoms with Gasteiger partial charge < -0.3 is 14.8 Å². The molecule has 1 aromatic rings. The van der Waals surface area contributed by atoms with E-state index < -0.39 is 0 Å². The average molecular weight is 237 g/mol. The van der Waals surface area contributed by atoms with E-state index in [9.17, 15) is 0 Å². The summed E-state index contributed by atoms with van der Waals surface area (Å²) >= 11 is 0. The van der Waals surface area contributed by atoms with Gasteiger partial charge in [-0.15, -0.1) is 0 Å². The van der Waals surface area contributed by atoms with Gasteiger partial charge in [-0.3, -0.25) is 0 Å². The second kappa shape index (κ2) is 6.39. The van der Waals surface area contributed by atoms with Crippen molar-refractivity contribution in [3.05, 3.63) is 12.4 Å². The molecule has 2 heterocycles. The lowest BCUT2D eigenvalue weighted by Gasteiger charge is -2.10. The monoisotopic (exact) mass is 237 g/mol. The van der Waals surface area contributed by atoms with Crippen LogP contribution >= 0.6 is 0 Å². The van der Waals surface area contributed by atoms with E-state index in [1.54, 1.807) is 0 Å². The van der Waals surface area contributed by atoms with Gasteiger partial charge in [0, 0.05) is 25.1 Å². The topological polar surface area (TPSA) is 56.3 Å². The SMILES string of the molecule is CCCOc1cc(NCC2CCOC2)ncn1. The first-order chi connectivity index (χ1) is 8.38. The number of nitrogens with one attached hydrogen (secondary N) is 1. The van der Waals surface area contributed by atoms with Crippen molar-refractivity contribution in [2.24, 2.45) is 5.92 Å². The number of nitrogens with zero attached hydrogens (tertiary/aromatic N) is 2. The van der Waals surface area contributed by atoms with Crippen LogP contribution in [0.15, 0.2) is 12.4 Å². The molecule has 1 aliphatic heterocycles. The molecule has 1 atom stereocenters. The minimum atomic E-state index is 0.588. The van der Waals surface area contributed by atoms with E-state index >= 15 is 0 Å². The molecule has 1 aromatic heterocycles. The Labute approximate surface area is 102 Å². The van der Waals surface area contributed by atoms with Crippen LogP contribution in [-0.4, -0.2) is 36.3 Å². The fourth-order valence-electron chi connectivity index (χ4n) is 1.71. The zero-order valence-corrected chi connectivity index (χ0v) is 10.2. The molecule has 17 heavy (non-hydrogen) atoms. The van der Waals surface area contributed by atoms with E-state index in [0.717, 1.165) is 38.4 Å². The van der Waals surface area contributed by atoms with Gasteiger partial charge in [-0.05, 0) is 12.8 Å². The van der Waals surface area contributed by atoms with Crippen molar-refractivity contribution >= 4 is 5.82 Å². The van der Waals surface area contributed by atoms with E-state index in [2.05, 4.69) is 22.2 Å². The molecule has 0 bridgehead atoms. The van der Waals surface area contributed by atoms with Crippen molar-refractivity contribution in [3.63, 3.8) is 0 Å². The quantitative estimate of drug-likeness (QED) is 0.816. The minimum Gasteiger partial charge on any atom is -0.478 e. The number of ether oxygens (including phenoxy) is 2. The number of hydrogen-bond donors (Lipinski definition) is 1. The molecular formula is C12H19N3O2. The maximum Gasteiger partial charge on any atom is 0.218 e. The molecule has 5 heteroatoms. The Morgan fingerprint density at radius 1 is 1.53 bits per heavy atom. The third-order valence-electron chi connectivity index (χ3n) is 2.69. The van der Waals surface area contributed by atoms with Gasteiger partial charge in [-0.2, -0.15) is 0 Å². The first kappa shape index (κ1) is 12.1. The Kier molecular flexibility index (Phi) is 4.55. The highest BCUT2D eigenvalue weighted by atomic mass is 16.5. The third-order valence-corrected chi connectivity index (χ3v) is 2.69. The van der Waals surface area contributed by atoms with E-state index in [4.69, 9.17) is 9.47 Å². The first-order valence-electron chi connectivity index (χ1n) is 6.15. The number of rotatable bonds is 6. The van der Waals surface area contributed by atoms with Crippen molar-refractivity contribution in [1.82, 2.24) is 9.97 Å². The third kappa shape index (κ3) is 3.85. The van der Waals surface area contributed by atoms with Gasteiger partial charge in [0.2, 0.25) is 5.88 Å². The van der Waals surface area contributed by atoms with Gasteiger partial charge in [0.25, 0.3) is 0 Å². The summed E-state index contributed by atoms with van der Waals surface area (Å²) < 4.78 is 10.8. The average Bonchev–Trinajstić information content (AvgIpc) is 2.87. The van der Waals surface area contributed by atoms with Crippen molar-refractivity contribution in [2.75, 3.05) is 31.7 Å². The Bertz CT molecular complexity index is 340. The molecule has 2 rings (SSSR count). The minimum absolute atomic E-state index is 0.588. The predicted molar refractivity (Wildman–Crippen MR) is 65.2 cm³/mol. The first-order valence-corrected chi connectivity index (χ1v) is 6.15. The van der Waals surface area contributed by atoms with Gasteiger partial charge in [-0.1, -0.05) is 6.92 Å². The van der Waals surface area contributed by atoms with Gasteiger partial charge in [-0.25, -0.2) is 9.97 Å². The van der Waals surface area contributed by atoms with Gasteiger partial charge >= 0.3 is 0 Å². The molecule has 0 aliphatic carbocycles. The standard InChI is InChI=1S/C12H19N3O2/c1-2-4-17-12-6-11(14-9-15-12)13-7-10-3-5-16-8-10/h6,9-10H,2-5,7-8H2,1H3,(H,13,14,15). The molecule has 0 spiro atoms. The van der Waals surface area contributed by atoms with Crippen LogP contribution in [0.3, 0.4) is 0 Å². The van der Waals surface area contributed by atoms with E-state index in [1.165, 1.54) is 6.33 Å². The second-order valence-corrected chi connectivity index (χ2v) is 4.20. The van der Waals surface area contributed by atoms with E-state index in [-0.39, 0.29) is 0 Å². The van der Waals surface area contributed by atoms with E-state index in [1.807, 2.05) is 6.07 Å². The summed E-state index contributed by atoms with van der Waals surface area (Å²) in [6.45, 7) is 5.37. The summed E-state index contributed by atoms with van der Waals surface area (Å²) in [4.78, 5) is 8.22. The highest BCUT2D eigenvalue weighted by Gasteiger charge is 2.15. The molecule has 1 N–H and O–H groups in total. The Balaban J connectivity index is 1.82. The molecule has 1 unspecified atom stereocenters. The fraction of sp³-hybridized carbons (Fsp3) is 0.667. The molecule has 94 valence electrons. The number of hydrogen-bond acceptors (Lipinski definition) is 5. The lowest BCUT2D eigenvalue weighted by Crippen LogP contribution is -2.15. The largest absolute Gasteiger partial charge is 0.478 e. The molecule has 0 radical (unpaired) electrons. The van der Waals surface area contributed by atoms with E-state index in [0.29, 0.717) is 18.4 Å². The highest BCUT2D eigenvalue weighted by molar-refractivity contribution is 5.37. The van der Waals surface area contributed by atoms with Crippen LogP contribution in [-0.2, 0) is 4.74 Å². The summed E-state index contributed by atoms with van der Waals surface area (Å²) in [5.41, 5.74) is 0. The zero-order chi connectivity index (χ0) is 11.9. The summed E-state index contributed by atoms with van der Waals surface area (Å²) in [7, 11) is 0. The molecule has 1 saturated heterocycles. The maximum atomic E-state index is 5.45. The van der Waals surface area contributed by atoms with Gasteiger partial charge in [0.15, 0.2) is 0 Å². The summed E-state index contributed by atoms with van der Waals surface area (Å²) in [5.74, 6) is 2.04. The van der Waals surface area contributed by atoms with Crippen molar-refractivity contribution in [2.45, 2.75) is 19.8 Å². The van der Waals surface area contributed by atoms with Crippen LogP contribution in [0.1, 0.15) is 19.8 Å². The molecule has 1 aliphatic rings. The Hall–Kier alpha value is -1.36. The molecule has 1 fully saturated rings. The van der Waals surface area contributed by atoms with Crippen molar-refractivity contribution < 1.29 is 9.47 Å². The smallest absolute Gasteiger partial charge is 0.218 e. The summed E-state index contributed by atoms with van der Waals surface area (Å²) in [5, 5.41) is 3.29. The molecular weight excluding hydrogens is 218 g/mol. The Morgan fingerprint density at radius 2 is 2.47 bits per heavy atom. The van der Waals surface area contributed by atoms with Crippen LogP contribution in [0.4, 0.5) is 5.82 Å². The fourth-order valence-corrected chi connectivity index (χ4v) is 1.71. The lowest BCUT2D eigenvalue weighted by molar-refractivity contribution is 0.187. The zero-order valence-electron chi connectivity index (χ0n) is 10.2. The Morgan fingerprint density at radius 3 is 3.24 bits per heavy atom. The number of aromatic nitrogens is 2. The normalized spacial score (nSPS) is 19.2. The molecule has 5 nitrogen and oxygen atoms in total. The van der Waals surface area contributed by atoms with Crippen LogP contribution in [0.2, 0.25) is 0 Å². The van der Waals surface area contributed by atoms with Crippen molar-refractivity contribution in [3.8, 4) is 5.88 Å². The van der Waals surface area contributed by atoms with Gasteiger partial charge in [0.05, 0.1) is 13.2 Å². The van der Waals surface area contributed by atoms with Crippen LogP contribution in [0.25, 0.3) is 0 Å². The maximum absolute atomic E-state index is 5.45. The predicted octanol–water partition coefficient (Wildman–Crippen LogP) is 1.71. The molecule has 0 saturated carbocycles. The molecule has 0 aromatic carbocycles. The highest BCUT2D eigenvalue weighted by Crippen LogP contribution is 2.15. The van der Waals surface area contributed by atoms with Crippen LogP contribution < -0.4 is 10.1 Å². The van der Waals surface area contributed by atoms with Gasteiger partial charge in [0.1, 0.15) is 12.1 Å². The van der Waals surface area contributed by atoms with Crippen molar-refractivity contribution in [1.29, 1.82) is 0 Å². The summed E-state index contributed by atoms with van der Waals surface area (Å²) in [6, 6.07) is 1.84. The summed E-state index contributed by atoms with van der Waals surface area (Å²) in [6.07, 6.45) is 3.63. The number of anilines is 1. The molecule has 0 amide bonds. The lowest BCUT2D eigenvalue weighted by atomic mass is 10.1. The van der Waals surface area contributed by atoms with Crippen LogP contribution in [0, 0.1) is 5.92 Å². The van der Waals surface area contributed by atoms with Crippen LogP contribution in [0.5, 0.6) is 5.88 Å².